The van der Waals surface area contributed by atoms with Gasteiger partial charge in [-0.2, -0.15) is 4.39 Å². The van der Waals surface area contributed by atoms with Gasteiger partial charge < -0.3 is 9.47 Å². The van der Waals surface area contributed by atoms with Crippen molar-refractivity contribution in [1.29, 1.82) is 0 Å². The molecule has 1 aromatic carbocycles. The summed E-state index contributed by atoms with van der Waals surface area (Å²) in [6.45, 7) is 4.69. The van der Waals surface area contributed by atoms with Gasteiger partial charge in [-0.25, -0.2) is 4.39 Å². The van der Waals surface area contributed by atoms with Crippen LogP contribution in [-0.2, 0) is 4.74 Å². The van der Waals surface area contributed by atoms with Gasteiger partial charge in [-0.05, 0) is 80.5 Å². The van der Waals surface area contributed by atoms with E-state index in [1.165, 1.54) is 63.0 Å². The highest BCUT2D eigenvalue weighted by molar-refractivity contribution is 5.33. The van der Waals surface area contributed by atoms with Crippen LogP contribution in [0.2, 0.25) is 0 Å². The third-order valence-electron chi connectivity index (χ3n) is 7.77. The van der Waals surface area contributed by atoms with E-state index in [0.29, 0.717) is 24.7 Å². The number of unbranched alkanes of at least 4 members (excludes halogenated alkanes) is 2. The van der Waals surface area contributed by atoms with Crippen molar-refractivity contribution < 1.29 is 18.3 Å². The molecule has 2 atom stereocenters. The molecule has 1 aliphatic carbocycles. The average Bonchev–Trinajstić information content (AvgIpc) is 2.88. The molecule has 1 saturated heterocycles. The van der Waals surface area contributed by atoms with E-state index in [2.05, 4.69) is 19.1 Å². The molecule has 0 radical (unpaired) electrons. The van der Waals surface area contributed by atoms with Crippen molar-refractivity contribution in [2.45, 2.75) is 96.0 Å². The van der Waals surface area contributed by atoms with E-state index in [-0.39, 0.29) is 17.8 Å². The molecule has 2 heterocycles. The predicted octanol–water partition coefficient (Wildman–Crippen LogP) is 8.25. The summed E-state index contributed by atoms with van der Waals surface area (Å²) in [4.78, 5) is 4.74. The summed E-state index contributed by atoms with van der Waals surface area (Å²) in [5.74, 6) is -0.388. The molecule has 2 fully saturated rings. The van der Waals surface area contributed by atoms with Crippen molar-refractivity contribution in [2.24, 2.45) is 5.92 Å². The normalized spacial score (nSPS) is 25.3. The zero-order valence-corrected chi connectivity index (χ0v) is 20.7. The summed E-state index contributed by atoms with van der Waals surface area (Å²) in [5, 5.41) is 0. The molecule has 0 bridgehead atoms. The summed E-state index contributed by atoms with van der Waals surface area (Å²) in [6.07, 6.45) is 14.1. The SMILES string of the molecule is CCCCCC1CCC(c2ccc(C3CCC(c4ccc(OCC)c(F)c4F)CO3)nc2)CC1. The van der Waals surface area contributed by atoms with Crippen LogP contribution in [0.15, 0.2) is 30.5 Å². The molecular weight excluding hydrogens is 432 g/mol. The molecule has 2 aromatic rings. The first-order valence-electron chi connectivity index (χ1n) is 13.3. The van der Waals surface area contributed by atoms with Crippen LogP contribution in [-0.4, -0.2) is 18.2 Å². The van der Waals surface area contributed by atoms with Gasteiger partial charge >= 0.3 is 0 Å². The minimum absolute atomic E-state index is 0.0346. The second kappa shape index (κ2) is 12.1. The van der Waals surface area contributed by atoms with Crippen LogP contribution in [0.1, 0.15) is 113 Å². The maximum absolute atomic E-state index is 14.6. The number of ether oxygens (including phenoxy) is 2. The Balaban J connectivity index is 1.29. The molecule has 2 unspecified atom stereocenters. The topological polar surface area (TPSA) is 31.4 Å². The van der Waals surface area contributed by atoms with E-state index in [1.54, 1.807) is 13.0 Å². The van der Waals surface area contributed by atoms with E-state index in [1.807, 2.05) is 6.20 Å². The first kappa shape index (κ1) is 25.1. The van der Waals surface area contributed by atoms with E-state index in [9.17, 15) is 8.78 Å². The fraction of sp³-hybridized carbons (Fsp3) is 0.621. The van der Waals surface area contributed by atoms with Crippen LogP contribution < -0.4 is 4.74 Å². The molecule has 5 heteroatoms. The maximum Gasteiger partial charge on any atom is 0.200 e. The molecule has 0 N–H and O–H groups in total. The van der Waals surface area contributed by atoms with Crippen LogP contribution in [0.4, 0.5) is 8.78 Å². The van der Waals surface area contributed by atoms with Crippen molar-refractivity contribution in [3.8, 4) is 5.75 Å². The monoisotopic (exact) mass is 471 g/mol. The van der Waals surface area contributed by atoms with Crippen LogP contribution in [0.5, 0.6) is 5.75 Å². The first-order chi connectivity index (χ1) is 16.6. The number of halogens is 2. The van der Waals surface area contributed by atoms with Gasteiger partial charge in [-0.15, -0.1) is 0 Å². The smallest absolute Gasteiger partial charge is 0.200 e. The lowest BCUT2D eigenvalue weighted by Crippen LogP contribution is -2.21. The second-order valence-corrected chi connectivity index (χ2v) is 10.0. The Labute approximate surface area is 203 Å². The molecule has 4 rings (SSSR count). The van der Waals surface area contributed by atoms with Crippen LogP contribution in [0.3, 0.4) is 0 Å². The van der Waals surface area contributed by atoms with E-state index in [4.69, 9.17) is 14.5 Å². The number of aromatic nitrogens is 1. The lowest BCUT2D eigenvalue weighted by Gasteiger charge is -2.30. The lowest BCUT2D eigenvalue weighted by molar-refractivity contribution is -0.000884. The molecule has 0 amide bonds. The highest BCUT2D eigenvalue weighted by Gasteiger charge is 2.29. The number of nitrogens with zero attached hydrogens (tertiary/aromatic N) is 1. The minimum atomic E-state index is -0.909. The Bertz CT molecular complexity index is 901. The quantitative estimate of drug-likeness (QED) is 0.345. The third-order valence-corrected chi connectivity index (χ3v) is 7.77. The Kier molecular flexibility index (Phi) is 8.93. The molecule has 186 valence electrons. The summed E-state index contributed by atoms with van der Waals surface area (Å²) >= 11 is 0. The van der Waals surface area contributed by atoms with Crippen molar-refractivity contribution in [1.82, 2.24) is 4.98 Å². The van der Waals surface area contributed by atoms with Crippen molar-refractivity contribution in [2.75, 3.05) is 13.2 Å². The van der Waals surface area contributed by atoms with Gasteiger partial charge in [0.25, 0.3) is 0 Å². The second-order valence-electron chi connectivity index (χ2n) is 10.0. The Hall–Kier alpha value is -2.01. The number of hydrogen-bond acceptors (Lipinski definition) is 3. The Morgan fingerprint density at radius 2 is 1.71 bits per heavy atom. The summed E-state index contributed by atoms with van der Waals surface area (Å²) in [7, 11) is 0. The van der Waals surface area contributed by atoms with Gasteiger partial charge in [0.15, 0.2) is 11.6 Å². The zero-order valence-electron chi connectivity index (χ0n) is 20.7. The summed E-state index contributed by atoms with van der Waals surface area (Å²) < 4.78 is 40.1. The van der Waals surface area contributed by atoms with E-state index >= 15 is 0 Å². The highest BCUT2D eigenvalue weighted by Crippen LogP contribution is 2.40. The lowest BCUT2D eigenvalue weighted by atomic mass is 9.77. The molecule has 1 aliphatic heterocycles. The fourth-order valence-corrected chi connectivity index (χ4v) is 5.68. The molecule has 3 nitrogen and oxygen atoms in total. The molecular formula is C29H39F2NO2. The number of rotatable bonds is 9. The standard InChI is InChI=1S/C29H39F2NO2/c1-3-5-6-7-20-8-10-21(11-9-20)22-12-15-25(32-18-22)26-16-13-23(19-34-26)24-14-17-27(33-4-2)29(31)28(24)30/h12,14-15,17-18,20-21,23,26H,3-11,13,16,19H2,1-2H3. The first-order valence-corrected chi connectivity index (χ1v) is 13.3. The van der Waals surface area contributed by atoms with Gasteiger partial charge in [0, 0.05) is 12.1 Å². The average molecular weight is 472 g/mol. The number of benzene rings is 1. The third kappa shape index (κ3) is 5.97. The zero-order chi connectivity index (χ0) is 23.9. The van der Waals surface area contributed by atoms with Gasteiger partial charge in [0.1, 0.15) is 0 Å². The van der Waals surface area contributed by atoms with E-state index in [0.717, 1.165) is 24.5 Å². The Morgan fingerprint density at radius 3 is 2.35 bits per heavy atom. The van der Waals surface area contributed by atoms with Crippen LogP contribution >= 0.6 is 0 Å². The molecule has 0 spiro atoms. The van der Waals surface area contributed by atoms with E-state index < -0.39 is 11.6 Å². The fourth-order valence-electron chi connectivity index (χ4n) is 5.68. The number of hydrogen-bond donors (Lipinski definition) is 0. The van der Waals surface area contributed by atoms with Crippen molar-refractivity contribution in [3.63, 3.8) is 0 Å². The van der Waals surface area contributed by atoms with Crippen molar-refractivity contribution >= 4 is 0 Å². The summed E-state index contributed by atoms with van der Waals surface area (Å²) in [5.41, 5.74) is 2.65. The molecule has 34 heavy (non-hydrogen) atoms. The van der Waals surface area contributed by atoms with Gasteiger partial charge in [-0.3, -0.25) is 4.98 Å². The largest absolute Gasteiger partial charge is 0.491 e. The van der Waals surface area contributed by atoms with Gasteiger partial charge in [0.2, 0.25) is 5.82 Å². The highest BCUT2D eigenvalue weighted by atomic mass is 19.2. The molecule has 1 saturated carbocycles. The number of pyridine rings is 1. The van der Waals surface area contributed by atoms with Gasteiger partial charge in [-0.1, -0.05) is 44.7 Å². The predicted molar refractivity (Wildman–Crippen MR) is 131 cm³/mol. The minimum Gasteiger partial charge on any atom is -0.491 e. The van der Waals surface area contributed by atoms with Crippen LogP contribution in [0.25, 0.3) is 0 Å². The maximum atomic E-state index is 14.6. The Morgan fingerprint density at radius 1 is 0.912 bits per heavy atom. The molecule has 2 aliphatic rings. The molecule has 1 aromatic heterocycles. The summed E-state index contributed by atoms with van der Waals surface area (Å²) in [6, 6.07) is 7.47. The van der Waals surface area contributed by atoms with Gasteiger partial charge in [0.05, 0.1) is 25.0 Å². The van der Waals surface area contributed by atoms with Crippen molar-refractivity contribution in [3.05, 3.63) is 58.9 Å². The van der Waals surface area contributed by atoms with Crippen LogP contribution in [0, 0.1) is 17.6 Å².